The summed E-state index contributed by atoms with van der Waals surface area (Å²) < 4.78 is 18.1. The van der Waals surface area contributed by atoms with Crippen LogP contribution in [0, 0.1) is 11.7 Å². The Bertz CT molecular complexity index is 647. The van der Waals surface area contributed by atoms with Gasteiger partial charge in [-0.25, -0.2) is 9.37 Å². The summed E-state index contributed by atoms with van der Waals surface area (Å²) in [5.74, 6) is 0.932. The molecule has 0 unspecified atom stereocenters. The standard InChI is InChI=1S/C18H22FN3O/c1-13(17-4-3-5-18(21-17)23-2)22-9-8-14(12-22)10-16-7-6-15(19)11-20-16/h3-7,11,13-14H,8-10,12H2,1-2H3/t13-,14+/m0/s1. The molecule has 122 valence electrons. The molecule has 3 rings (SSSR count). The molecule has 1 aliphatic heterocycles. The quantitative estimate of drug-likeness (QED) is 0.849. The summed E-state index contributed by atoms with van der Waals surface area (Å²) in [6.07, 6.45) is 3.33. The van der Waals surface area contributed by atoms with Gasteiger partial charge in [-0.15, -0.1) is 0 Å². The van der Waals surface area contributed by atoms with Crippen LogP contribution >= 0.6 is 0 Å². The number of methoxy groups -OCH3 is 1. The number of likely N-dealkylation sites (tertiary alicyclic amines) is 1. The molecule has 0 saturated carbocycles. The first-order valence-corrected chi connectivity index (χ1v) is 8.01. The molecule has 0 radical (unpaired) electrons. The number of hydrogen-bond acceptors (Lipinski definition) is 4. The first-order chi connectivity index (χ1) is 11.2. The highest BCUT2D eigenvalue weighted by Gasteiger charge is 2.27. The van der Waals surface area contributed by atoms with Crippen LogP contribution < -0.4 is 4.74 Å². The van der Waals surface area contributed by atoms with E-state index in [0.29, 0.717) is 11.8 Å². The van der Waals surface area contributed by atoms with Gasteiger partial charge >= 0.3 is 0 Å². The number of nitrogens with zero attached hydrogens (tertiary/aromatic N) is 3. The molecule has 3 heterocycles. The maximum Gasteiger partial charge on any atom is 0.213 e. The van der Waals surface area contributed by atoms with Gasteiger partial charge in [0.25, 0.3) is 0 Å². The second kappa shape index (κ2) is 7.04. The van der Waals surface area contributed by atoms with Crippen LogP contribution in [0.25, 0.3) is 0 Å². The number of ether oxygens (including phenoxy) is 1. The Morgan fingerprint density at radius 1 is 1.35 bits per heavy atom. The van der Waals surface area contributed by atoms with Crippen molar-refractivity contribution >= 4 is 0 Å². The van der Waals surface area contributed by atoms with Crippen molar-refractivity contribution in [3.63, 3.8) is 0 Å². The average Bonchev–Trinajstić information content (AvgIpc) is 3.05. The molecule has 2 aromatic rings. The maximum atomic E-state index is 12.9. The fourth-order valence-electron chi connectivity index (χ4n) is 3.17. The fourth-order valence-corrected chi connectivity index (χ4v) is 3.17. The summed E-state index contributed by atoms with van der Waals surface area (Å²) >= 11 is 0. The third-order valence-corrected chi connectivity index (χ3v) is 4.53. The first kappa shape index (κ1) is 15.9. The second-order valence-electron chi connectivity index (χ2n) is 6.10. The summed E-state index contributed by atoms with van der Waals surface area (Å²) in [5, 5.41) is 0. The van der Waals surface area contributed by atoms with Gasteiger partial charge in [-0.2, -0.15) is 0 Å². The Balaban J connectivity index is 1.61. The van der Waals surface area contributed by atoms with E-state index < -0.39 is 0 Å². The minimum atomic E-state index is -0.278. The highest BCUT2D eigenvalue weighted by molar-refractivity contribution is 5.18. The molecule has 1 aliphatic rings. The van der Waals surface area contributed by atoms with E-state index in [1.54, 1.807) is 13.2 Å². The van der Waals surface area contributed by atoms with Crippen molar-refractivity contribution in [1.82, 2.24) is 14.9 Å². The van der Waals surface area contributed by atoms with E-state index in [1.165, 1.54) is 12.3 Å². The molecule has 2 atom stereocenters. The molecule has 0 N–H and O–H groups in total. The molecule has 0 aliphatic carbocycles. The zero-order chi connectivity index (χ0) is 16.2. The molecule has 0 aromatic carbocycles. The van der Waals surface area contributed by atoms with E-state index in [2.05, 4.69) is 21.8 Å². The minimum absolute atomic E-state index is 0.260. The van der Waals surface area contributed by atoms with Gasteiger partial charge in [-0.05, 0) is 50.4 Å². The van der Waals surface area contributed by atoms with Gasteiger partial charge in [-0.3, -0.25) is 9.88 Å². The van der Waals surface area contributed by atoms with Gasteiger partial charge in [0.15, 0.2) is 0 Å². The smallest absolute Gasteiger partial charge is 0.213 e. The van der Waals surface area contributed by atoms with E-state index in [1.807, 2.05) is 18.2 Å². The van der Waals surface area contributed by atoms with E-state index in [-0.39, 0.29) is 11.9 Å². The SMILES string of the molecule is COc1cccc([C@H](C)N2CC[C@H](Cc3ccc(F)cn3)C2)n1. The van der Waals surface area contributed by atoms with Crippen molar-refractivity contribution in [2.45, 2.75) is 25.8 Å². The molecule has 0 spiro atoms. The molecule has 5 heteroatoms. The average molecular weight is 315 g/mol. The summed E-state index contributed by atoms with van der Waals surface area (Å²) in [5.41, 5.74) is 2.00. The monoisotopic (exact) mass is 315 g/mol. The Morgan fingerprint density at radius 2 is 2.22 bits per heavy atom. The van der Waals surface area contributed by atoms with Gasteiger partial charge in [-0.1, -0.05) is 6.07 Å². The van der Waals surface area contributed by atoms with Crippen LogP contribution in [0.5, 0.6) is 5.88 Å². The largest absolute Gasteiger partial charge is 0.481 e. The molecular weight excluding hydrogens is 293 g/mol. The Morgan fingerprint density at radius 3 is 2.96 bits per heavy atom. The van der Waals surface area contributed by atoms with Crippen LogP contribution in [0.3, 0.4) is 0 Å². The van der Waals surface area contributed by atoms with Crippen LogP contribution in [0.1, 0.15) is 30.8 Å². The van der Waals surface area contributed by atoms with E-state index in [4.69, 9.17) is 4.74 Å². The van der Waals surface area contributed by atoms with Crippen molar-refractivity contribution in [3.8, 4) is 5.88 Å². The second-order valence-corrected chi connectivity index (χ2v) is 6.10. The van der Waals surface area contributed by atoms with Crippen molar-refractivity contribution < 1.29 is 9.13 Å². The third-order valence-electron chi connectivity index (χ3n) is 4.53. The van der Waals surface area contributed by atoms with Crippen molar-refractivity contribution in [2.75, 3.05) is 20.2 Å². The summed E-state index contributed by atoms with van der Waals surface area (Å²) in [4.78, 5) is 11.1. The Kier molecular flexibility index (Phi) is 4.86. The summed E-state index contributed by atoms with van der Waals surface area (Å²) in [7, 11) is 1.64. The topological polar surface area (TPSA) is 38.2 Å². The maximum absolute atomic E-state index is 12.9. The van der Waals surface area contributed by atoms with E-state index >= 15 is 0 Å². The van der Waals surface area contributed by atoms with Gasteiger partial charge < -0.3 is 4.74 Å². The van der Waals surface area contributed by atoms with Gasteiger partial charge in [0.1, 0.15) is 5.82 Å². The number of hydrogen-bond donors (Lipinski definition) is 0. The lowest BCUT2D eigenvalue weighted by Gasteiger charge is -2.24. The van der Waals surface area contributed by atoms with Crippen molar-refractivity contribution in [3.05, 3.63) is 53.7 Å². The van der Waals surface area contributed by atoms with E-state index in [0.717, 1.165) is 37.3 Å². The molecular formula is C18H22FN3O. The van der Waals surface area contributed by atoms with Gasteiger partial charge in [0, 0.05) is 24.3 Å². The molecule has 0 bridgehead atoms. The van der Waals surface area contributed by atoms with Crippen LogP contribution in [0.4, 0.5) is 4.39 Å². The predicted octanol–water partition coefficient (Wildman–Crippen LogP) is 3.25. The molecule has 1 saturated heterocycles. The third kappa shape index (κ3) is 3.85. The molecule has 0 amide bonds. The molecule has 1 fully saturated rings. The zero-order valence-electron chi connectivity index (χ0n) is 13.6. The Hall–Kier alpha value is -2.01. The summed E-state index contributed by atoms with van der Waals surface area (Å²) in [6, 6.07) is 9.41. The lowest BCUT2D eigenvalue weighted by atomic mass is 10.0. The Labute approximate surface area is 136 Å². The molecule has 23 heavy (non-hydrogen) atoms. The van der Waals surface area contributed by atoms with Gasteiger partial charge in [0.05, 0.1) is 19.0 Å². The number of halogens is 1. The number of aromatic nitrogens is 2. The minimum Gasteiger partial charge on any atom is -0.481 e. The number of pyridine rings is 2. The molecule has 4 nitrogen and oxygen atoms in total. The predicted molar refractivity (Wildman–Crippen MR) is 86.8 cm³/mol. The van der Waals surface area contributed by atoms with Crippen molar-refractivity contribution in [2.24, 2.45) is 5.92 Å². The van der Waals surface area contributed by atoms with Crippen LogP contribution in [-0.2, 0) is 6.42 Å². The van der Waals surface area contributed by atoms with Crippen LogP contribution in [0.2, 0.25) is 0 Å². The normalized spacial score (nSPS) is 19.7. The lowest BCUT2D eigenvalue weighted by Crippen LogP contribution is -2.25. The zero-order valence-corrected chi connectivity index (χ0v) is 13.6. The van der Waals surface area contributed by atoms with E-state index in [9.17, 15) is 4.39 Å². The first-order valence-electron chi connectivity index (χ1n) is 8.01. The molecule has 2 aromatic heterocycles. The fraction of sp³-hybridized carbons (Fsp3) is 0.444. The van der Waals surface area contributed by atoms with Crippen molar-refractivity contribution in [1.29, 1.82) is 0 Å². The van der Waals surface area contributed by atoms with Gasteiger partial charge in [0.2, 0.25) is 5.88 Å². The van der Waals surface area contributed by atoms with Crippen LogP contribution in [-0.4, -0.2) is 35.1 Å². The highest BCUT2D eigenvalue weighted by atomic mass is 19.1. The lowest BCUT2D eigenvalue weighted by molar-refractivity contribution is 0.246. The summed E-state index contributed by atoms with van der Waals surface area (Å²) in [6.45, 7) is 4.24. The highest BCUT2D eigenvalue weighted by Crippen LogP contribution is 2.28. The van der Waals surface area contributed by atoms with Crippen LogP contribution in [0.15, 0.2) is 36.5 Å². The number of rotatable bonds is 5.